The molecule has 3 rings (SSSR count). The van der Waals surface area contributed by atoms with Crippen molar-refractivity contribution in [3.05, 3.63) is 53.6 Å². The first-order chi connectivity index (χ1) is 13.2. The summed E-state index contributed by atoms with van der Waals surface area (Å²) in [7, 11) is -0.675. The minimum atomic E-state index is -3.59. The molecule has 28 heavy (non-hydrogen) atoms. The summed E-state index contributed by atoms with van der Waals surface area (Å²) in [5.74, 6) is -0.256. The maximum absolute atomic E-state index is 12.6. The Balaban J connectivity index is 1.80. The number of nitrogens with zero attached hydrogens (tertiary/aromatic N) is 2. The fraction of sp³-hybridized carbons (Fsp3) is 0.300. The van der Waals surface area contributed by atoms with Crippen molar-refractivity contribution in [3.8, 4) is 0 Å². The molecule has 0 bridgehead atoms. The molecule has 1 fully saturated rings. The van der Waals surface area contributed by atoms with Crippen molar-refractivity contribution in [1.29, 1.82) is 0 Å². The van der Waals surface area contributed by atoms with E-state index in [-0.39, 0.29) is 16.7 Å². The monoisotopic (exact) mass is 401 g/mol. The number of sulfonamides is 1. The summed E-state index contributed by atoms with van der Waals surface area (Å²) in [5, 5.41) is 2.77. The predicted octanol–water partition coefficient (Wildman–Crippen LogP) is 2.62. The molecular weight excluding hydrogens is 378 g/mol. The third-order valence-electron chi connectivity index (χ3n) is 4.75. The number of carbonyl (C=O) groups is 2. The van der Waals surface area contributed by atoms with Crippen LogP contribution in [0, 0.1) is 6.92 Å². The molecule has 0 radical (unpaired) electrons. The van der Waals surface area contributed by atoms with Crippen molar-refractivity contribution >= 4 is 33.2 Å². The van der Waals surface area contributed by atoms with Crippen molar-refractivity contribution in [3.63, 3.8) is 0 Å². The topological polar surface area (TPSA) is 86.8 Å². The van der Waals surface area contributed by atoms with Gasteiger partial charge in [0, 0.05) is 44.0 Å². The Morgan fingerprint density at radius 1 is 1.11 bits per heavy atom. The Morgan fingerprint density at radius 3 is 2.36 bits per heavy atom. The van der Waals surface area contributed by atoms with E-state index in [4.69, 9.17) is 0 Å². The van der Waals surface area contributed by atoms with E-state index in [0.717, 1.165) is 22.0 Å². The lowest BCUT2D eigenvalue weighted by Gasteiger charge is -2.16. The number of hydrogen-bond donors (Lipinski definition) is 1. The van der Waals surface area contributed by atoms with Gasteiger partial charge in [-0.3, -0.25) is 9.59 Å². The molecule has 1 aliphatic rings. The summed E-state index contributed by atoms with van der Waals surface area (Å²) in [6.07, 6.45) is 1.39. The zero-order valence-electron chi connectivity index (χ0n) is 16.1. The van der Waals surface area contributed by atoms with Gasteiger partial charge in [-0.1, -0.05) is 6.07 Å². The van der Waals surface area contributed by atoms with Gasteiger partial charge in [0.05, 0.1) is 4.90 Å². The quantitative estimate of drug-likeness (QED) is 0.834. The Hall–Kier alpha value is -2.71. The van der Waals surface area contributed by atoms with Crippen LogP contribution >= 0.6 is 0 Å². The summed E-state index contributed by atoms with van der Waals surface area (Å²) in [6.45, 7) is 2.49. The highest BCUT2D eigenvalue weighted by molar-refractivity contribution is 7.89. The summed E-state index contributed by atoms with van der Waals surface area (Å²) in [4.78, 5) is 26.3. The largest absolute Gasteiger partial charge is 0.322 e. The third-order valence-corrected chi connectivity index (χ3v) is 6.56. The highest BCUT2D eigenvalue weighted by Gasteiger charge is 2.22. The Kier molecular flexibility index (Phi) is 5.53. The van der Waals surface area contributed by atoms with Crippen molar-refractivity contribution in [1.82, 2.24) is 4.31 Å². The van der Waals surface area contributed by atoms with Gasteiger partial charge in [-0.25, -0.2) is 12.7 Å². The number of amides is 2. The molecule has 2 aromatic rings. The Labute approximate surface area is 165 Å². The smallest absolute Gasteiger partial charge is 0.255 e. The molecule has 1 saturated heterocycles. The second-order valence-corrected chi connectivity index (χ2v) is 9.07. The van der Waals surface area contributed by atoms with Crippen LogP contribution in [-0.4, -0.2) is 45.2 Å². The average Bonchev–Trinajstić information content (AvgIpc) is 3.09. The van der Waals surface area contributed by atoms with Gasteiger partial charge in [-0.05, 0) is 55.3 Å². The zero-order chi connectivity index (χ0) is 20.5. The van der Waals surface area contributed by atoms with E-state index in [2.05, 4.69) is 5.32 Å². The lowest BCUT2D eigenvalue weighted by molar-refractivity contribution is -0.117. The van der Waals surface area contributed by atoms with E-state index in [1.54, 1.807) is 42.2 Å². The average molecular weight is 401 g/mol. The van der Waals surface area contributed by atoms with Gasteiger partial charge in [-0.2, -0.15) is 0 Å². The first-order valence-corrected chi connectivity index (χ1v) is 10.4. The predicted molar refractivity (Wildman–Crippen MR) is 108 cm³/mol. The summed E-state index contributed by atoms with van der Waals surface area (Å²) in [5.41, 5.74) is 2.39. The third kappa shape index (κ3) is 3.93. The van der Waals surface area contributed by atoms with Crippen LogP contribution in [0.25, 0.3) is 0 Å². The van der Waals surface area contributed by atoms with Gasteiger partial charge in [0.25, 0.3) is 5.91 Å². The van der Waals surface area contributed by atoms with Crippen molar-refractivity contribution < 1.29 is 18.0 Å². The zero-order valence-corrected chi connectivity index (χ0v) is 16.9. The van der Waals surface area contributed by atoms with Gasteiger partial charge in [0.15, 0.2) is 0 Å². The van der Waals surface area contributed by atoms with Gasteiger partial charge in [0.1, 0.15) is 0 Å². The minimum Gasteiger partial charge on any atom is -0.322 e. The second-order valence-electron chi connectivity index (χ2n) is 6.91. The number of anilines is 2. The van der Waals surface area contributed by atoms with E-state index >= 15 is 0 Å². The molecule has 0 spiro atoms. The van der Waals surface area contributed by atoms with Crippen molar-refractivity contribution in [2.24, 2.45) is 0 Å². The second kappa shape index (κ2) is 7.73. The standard InChI is InChI=1S/C20H23N3O4S/c1-14-6-11-17(28(26,27)22(2)3)13-18(14)21-20(25)15-7-9-16(10-8-15)23-12-4-5-19(23)24/h6-11,13H,4-5,12H2,1-3H3,(H,21,25). The van der Waals surface area contributed by atoms with Crippen LogP contribution in [0.1, 0.15) is 28.8 Å². The normalized spacial score (nSPS) is 14.6. The lowest BCUT2D eigenvalue weighted by Crippen LogP contribution is -2.23. The van der Waals surface area contributed by atoms with Crippen LogP contribution in [-0.2, 0) is 14.8 Å². The fourth-order valence-corrected chi connectivity index (χ4v) is 3.94. The van der Waals surface area contributed by atoms with E-state index in [0.29, 0.717) is 24.2 Å². The SMILES string of the molecule is Cc1ccc(S(=O)(=O)N(C)C)cc1NC(=O)c1ccc(N2CCCC2=O)cc1. The van der Waals surface area contributed by atoms with E-state index in [1.165, 1.54) is 26.2 Å². The molecule has 7 nitrogen and oxygen atoms in total. The molecule has 0 atom stereocenters. The van der Waals surface area contributed by atoms with E-state index in [9.17, 15) is 18.0 Å². The molecule has 8 heteroatoms. The lowest BCUT2D eigenvalue weighted by atomic mass is 10.1. The minimum absolute atomic E-state index is 0.0896. The summed E-state index contributed by atoms with van der Waals surface area (Å²) in [6, 6.07) is 11.4. The molecule has 2 aromatic carbocycles. The molecule has 0 unspecified atom stereocenters. The molecule has 0 aromatic heterocycles. The van der Waals surface area contributed by atoms with Crippen molar-refractivity contribution in [2.45, 2.75) is 24.7 Å². The first-order valence-electron chi connectivity index (χ1n) is 8.95. The molecule has 2 amide bonds. The molecule has 148 valence electrons. The highest BCUT2D eigenvalue weighted by atomic mass is 32.2. The molecule has 1 heterocycles. The molecule has 0 saturated carbocycles. The van der Waals surface area contributed by atoms with Crippen LogP contribution in [0.5, 0.6) is 0 Å². The van der Waals surface area contributed by atoms with Crippen LogP contribution in [0.4, 0.5) is 11.4 Å². The molecular formula is C20H23N3O4S. The van der Waals surface area contributed by atoms with Crippen molar-refractivity contribution in [2.75, 3.05) is 30.9 Å². The fourth-order valence-electron chi connectivity index (χ4n) is 3.02. The summed E-state index contributed by atoms with van der Waals surface area (Å²) < 4.78 is 25.8. The maximum Gasteiger partial charge on any atom is 0.255 e. The highest BCUT2D eigenvalue weighted by Crippen LogP contribution is 2.24. The molecule has 1 N–H and O–H groups in total. The number of rotatable bonds is 5. The van der Waals surface area contributed by atoms with Gasteiger partial charge in [0.2, 0.25) is 15.9 Å². The maximum atomic E-state index is 12.6. The number of benzene rings is 2. The van der Waals surface area contributed by atoms with Crippen LogP contribution in [0.15, 0.2) is 47.4 Å². The Morgan fingerprint density at radius 2 is 1.79 bits per heavy atom. The Bertz CT molecular complexity index is 1010. The van der Waals surface area contributed by atoms with Gasteiger partial charge in [-0.15, -0.1) is 0 Å². The first kappa shape index (κ1) is 20.0. The molecule has 1 aliphatic heterocycles. The summed E-state index contributed by atoms with van der Waals surface area (Å²) >= 11 is 0. The van der Waals surface area contributed by atoms with E-state index in [1.807, 2.05) is 0 Å². The van der Waals surface area contributed by atoms with Gasteiger partial charge < -0.3 is 10.2 Å². The number of hydrogen-bond acceptors (Lipinski definition) is 4. The van der Waals surface area contributed by atoms with Crippen LogP contribution in [0.2, 0.25) is 0 Å². The number of aryl methyl sites for hydroxylation is 1. The van der Waals surface area contributed by atoms with E-state index < -0.39 is 10.0 Å². The van der Waals surface area contributed by atoms with Crippen LogP contribution in [0.3, 0.4) is 0 Å². The number of carbonyl (C=O) groups excluding carboxylic acids is 2. The number of nitrogens with one attached hydrogen (secondary N) is 1. The molecule has 0 aliphatic carbocycles. The van der Waals surface area contributed by atoms with Gasteiger partial charge >= 0.3 is 0 Å². The van der Waals surface area contributed by atoms with Crippen LogP contribution < -0.4 is 10.2 Å².